The third-order valence-corrected chi connectivity index (χ3v) is 2.57. The lowest BCUT2D eigenvalue weighted by Crippen LogP contribution is -2.09. The highest BCUT2D eigenvalue weighted by molar-refractivity contribution is 7.92. The van der Waals surface area contributed by atoms with Crippen molar-refractivity contribution >= 4 is 33.1 Å². The number of halogens is 1. The SMILES string of the molecule is CC(=O)c1ccc(NS(C)(=O)=O)cc1Cl. The molecule has 0 saturated heterocycles. The van der Waals surface area contributed by atoms with Crippen LogP contribution >= 0.6 is 11.6 Å². The molecule has 0 bridgehead atoms. The van der Waals surface area contributed by atoms with Gasteiger partial charge in [-0.05, 0) is 25.1 Å². The van der Waals surface area contributed by atoms with Gasteiger partial charge < -0.3 is 0 Å². The summed E-state index contributed by atoms with van der Waals surface area (Å²) >= 11 is 5.80. The molecule has 0 spiro atoms. The summed E-state index contributed by atoms with van der Waals surface area (Å²) in [5.41, 5.74) is 0.711. The summed E-state index contributed by atoms with van der Waals surface area (Å²) in [5.74, 6) is -0.161. The van der Waals surface area contributed by atoms with Crippen LogP contribution in [0.1, 0.15) is 17.3 Å². The van der Waals surface area contributed by atoms with E-state index in [1.54, 1.807) is 0 Å². The Morgan fingerprint density at radius 3 is 2.40 bits per heavy atom. The third kappa shape index (κ3) is 3.53. The first-order valence-electron chi connectivity index (χ1n) is 4.08. The van der Waals surface area contributed by atoms with E-state index in [1.807, 2.05) is 0 Å². The fraction of sp³-hybridized carbons (Fsp3) is 0.222. The normalized spacial score (nSPS) is 11.1. The van der Waals surface area contributed by atoms with Gasteiger partial charge in [0.05, 0.1) is 11.3 Å². The Hall–Kier alpha value is -1.07. The number of benzene rings is 1. The zero-order valence-electron chi connectivity index (χ0n) is 8.24. The molecule has 0 aliphatic heterocycles. The van der Waals surface area contributed by atoms with Crippen LogP contribution in [0.2, 0.25) is 5.02 Å². The predicted octanol–water partition coefficient (Wildman–Crippen LogP) is 1.91. The van der Waals surface area contributed by atoms with Crippen LogP contribution < -0.4 is 4.72 Å². The fourth-order valence-corrected chi connectivity index (χ4v) is 1.95. The van der Waals surface area contributed by atoms with Crippen molar-refractivity contribution in [2.24, 2.45) is 0 Å². The molecular weight excluding hydrogens is 238 g/mol. The average molecular weight is 248 g/mol. The molecule has 1 aromatic carbocycles. The quantitative estimate of drug-likeness (QED) is 0.830. The van der Waals surface area contributed by atoms with Crippen LogP contribution in [-0.2, 0) is 10.0 Å². The highest BCUT2D eigenvalue weighted by atomic mass is 35.5. The molecule has 82 valence electrons. The standard InChI is InChI=1S/C9H10ClNO3S/c1-6(12)8-4-3-7(5-9(8)10)11-15(2,13)14/h3-5,11H,1-2H3. The van der Waals surface area contributed by atoms with Gasteiger partial charge in [0.1, 0.15) is 0 Å². The molecule has 0 fully saturated rings. The molecule has 0 unspecified atom stereocenters. The first-order valence-corrected chi connectivity index (χ1v) is 6.35. The number of rotatable bonds is 3. The molecule has 1 N–H and O–H groups in total. The average Bonchev–Trinajstić information content (AvgIpc) is 1.99. The molecule has 1 aromatic rings. The summed E-state index contributed by atoms with van der Waals surface area (Å²) in [6.45, 7) is 1.39. The maximum atomic E-state index is 11.0. The Labute approximate surface area is 93.3 Å². The number of hydrogen-bond donors (Lipinski definition) is 1. The van der Waals surface area contributed by atoms with E-state index in [9.17, 15) is 13.2 Å². The zero-order chi connectivity index (χ0) is 11.6. The molecule has 0 heterocycles. The van der Waals surface area contributed by atoms with Crippen LogP contribution in [0, 0.1) is 0 Å². The number of ketones is 1. The van der Waals surface area contributed by atoms with Gasteiger partial charge in [0.2, 0.25) is 10.0 Å². The number of hydrogen-bond acceptors (Lipinski definition) is 3. The first-order chi connectivity index (χ1) is 6.79. The van der Waals surface area contributed by atoms with E-state index in [0.717, 1.165) is 6.26 Å². The Kier molecular flexibility index (Phi) is 3.36. The number of nitrogens with one attached hydrogen (secondary N) is 1. The van der Waals surface area contributed by atoms with E-state index < -0.39 is 10.0 Å². The van der Waals surface area contributed by atoms with Gasteiger partial charge >= 0.3 is 0 Å². The topological polar surface area (TPSA) is 63.2 Å². The Morgan fingerprint density at radius 1 is 1.40 bits per heavy atom. The lowest BCUT2D eigenvalue weighted by atomic mass is 10.1. The number of sulfonamides is 1. The molecule has 4 nitrogen and oxygen atoms in total. The molecule has 0 aromatic heterocycles. The van der Waals surface area contributed by atoms with E-state index in [4.69, 9.17) is 11.6 Å². The van der Waals surface area contributed by atoms with E-state index in [2.05, 4.69) is 4.72 Å². The van der Waals surface area contributed by atoms with E-state index in [0.29, 0.717) is 11.3 Å². The van der Waals surface area contributed by atoms with Crippen molar-refractivity contribution < 1.29 is 13.2 Å². The van der Waals surface area contributed by atoms with Crippen LogP contribution in [0.15, 0.2) is 18.2 Å². The minimum atomic E-state index is -3.32. The van der Waals surface area contributed by atoms with Crippen LogP contribution in [0.4, 0.5) is 5.69 Å². The van der Waals surface area contributed by atoms with Gasteiger partial charge in [0, 0.05) is 11.3 Å². The highest BCUT2D eigenvalue weighted by Crippen LogP contribution is 2.21. The van der Waals surface area contributed by atoms with Crippen molar-refractivity contribution in [2.45, 2.75) is 6.92 Å². The second kappa shape index (κ2) is 4.20. The number of carbonyl (C=O) groups is 1. The molecule has 0 radical (unpaired) electrons. The molecule has 6 heteroatoms. The third-order valence-electron chi connectivity index (χ3n) is 1.65. The van der Waals surface area contributed by atoms with Gasteiger partial charge in [-0.3, -0.25) is 9.52 Å². The second-order valence-electron chi connectivity index (χ2n) is 3.13. The van der Waals surface area contributed by atoms with Gasteiger partial charge in [0.15, 0.2) is 5.78 Å². The number of Topliss-reactive ketones (excluding diaryl/α,β-unsaturated/α-hetero) is 1. The maximum Gasteiger partial charge on any atom is 0.229 e. The molecule has 0 aliphatic rings. The van der Waals surface area contributed by atoms with Crippen molar-refractivity contribution in [3.63, 3.8) is 0 Å². The van der Waals surface area contributed by atoms with Crippen molar-refractivity contribution in [3.8, 4) is 0 Å². The summed E-state index contributed by atoms with van der Waals surface area (Å²) in [6.07, 6.45) is 1.04. The molecule has 15 heavy (non-hydrogen) atoms. The summed E-state index contributed by atoms with van der Waals surface area (Å²) in [4.78, 5) is 11.0. The number of anilines is 1. The molecule has 0 amide bonds. The molecule has 1 rings (SSSR count). The predicted molar refractivity (Wildman–Crippen MR) is 59.9 cm³/mol. The van der Waals surface area contributed by atoms with E-state index in [1.165, 1.54) is 25.1 Å². The van der Waals surface area contributed by atoms with Crippen molar-refractivity contribution in [1.29, 1.82) is 0 Å². The Balaban J connectivity index is 3.07. The van der Waals surface area contributed by atoms with Crippen LogP contribution in [0.5, 0.6) is 0 Å². The summed E-state index contributed by atoms with van der Waals surface area (Å²) in [7, 11) is -3.32. The monoisotopic (exact) mass is 247 g/mol. The van der Waals surface area contributed by atoms with Crippen molar-refractivity contribution in [2.75, 3.05) is 11.0 Å². The lowest BCUT2D eigenvalue weighted by Gasteiger charge is -2.05. The van der Waals surface area contributed by atoms with E-state index in [-0.39, 0.29) is 10.8 Å². The largest absolute Gasteiger partial charge is 0.294 e. The minimum absolute atomic E-state index is 0.161. The smallest absolute Gasteiger partial charge is 0.229 e. The molecule has 0 saturated carbocycles. The van der Waals surface area contributed by atoms with Crippen LogP contribution in [-0.4, -0.2) is 20.5 Å². The van der Waals surface area contributed by atoms with E-state index >= 15 is 0 Å². The fourth-order valence-electron chi connectivity index (χ4n) is 1.08. The van der Waals surface area contributed by atoms with Crippen LogP contribution in [0.3, 0.4) is 0 Å². The van der Waals surface area contributed by atoms with Gasteiger partial charge in [0.25, 0.3) is 0 Å². The summed E-state index contributed by atoms with van der Waals surface area (Å²) < 4.78 is 24.1. The second-order valence-corrected chi connectivity index (χ2v) is 5.28. The maximum absolute atomic E-state index is 11.0. The van der Waals surface area contributed by atoms with Crippen LogP contribution in [0.25, 0.3) is 0 Å². The van der Waals surface area contributed by atoms with Gasteiger partial charge in [-0.2, -0.15) is 0 Å². The Morgan fingerprint density at radius 2 is 2.00 bits per heavy atom. The molecule has 0 atom stereocenters. The lowest BCUT2D eigenvalue weighted by molar-refractivity contribution is 0.101. The zero-order valence-corrected chi connectivity index (χ0v) is 9.82. The number of carbonyl (C=O) groups excluding carboxylic acids is 1. The van der Waals surface area contributed by atoms with Gasteiger partial charge in [-0.15, -0.1) is 0 Å². The van der Waals surface area contributed by atoms with Crippen molar-refractivity contribution in [1.82, 2.24) is 0 Å². The van der Waals surface area contributed by atoms with Gasteiger partial charge in [-0.1, -0.05) is 11.6 Å². The van der Waals surface area contributed by atoms with Gasteiger partial charge in [-0.25, -0.2) is 8.42 Å². The Bertz CT molecular complexity index is 496. The van der Waals surface area contributed by atoms with Crippen molar-refractivity contribution in [3.05, 3.63) is 28.8 Å². The molecule has 0 aliphatic carbocycles. The minimum Gasteiger partial charge on any atom is -0.294 e. The first kappa shape index (κ1) is 12.0. The molecular formula is C9H10ClNO3S. The summed E-state index contributed by atoms with van der Waals surface area (Å²) in [5, 5.41) is 0.233. The highest BCUT2D eigenvalue weighted by Gasteiger charge is 2.08. The summed E-state index contributed by atoms with van der Waals surface area (Å²) in [6, 6.07) is 4.38.